The van der Waals surface area contributed by atoms with Crippen LogP contribution in [0.15, 0.2) is 40.9 Å². The van der Waals surface area contributed by atoms with Crippen LogP contribution in [0.4, 0.5) is 10.1 Å². The van der Waals surface area contributed by atoms with Crippen molar-refractivity contribution >= 4 is 33.5 Å². The van der Waals surface area contributed by atoms with Crippen LogP contribution in [0.1, 0.15) is 22.8 Å². The first-order valence-electron chi connectivity index (χ1n) is 9.48. The number of hydrogen-bond donors (Lipinski definition) is 1. The highest BCUT2D eigenvalue weighted by Gasteiger charge is 2.19. The average molecular weight is 463 g/mol. The first-order chi connectivity index (χ1) is 13.9. The molecule has 1 aliphatic rings. The van der Waals surface area contributed by atoms with Crippen LogP contribution in [0, 0.1) is 5.82 Å². The van der Waals surface area contributed by atoms with Gasteiger partial charge in [0.15, 0.2) is 17.3 Å². The summed E-state index contributed by atoms with van der Waals surface area (Å²) < 4.78 is 20.4. The Morgan fingerprint density at radius 3 is 2.59 bits per heavy atom. The Morgan fingerprint density at radius 1 is 1.24 bits per heavy atom. The van der Waals surface area contributed by atoms with E-state index in [0.717, 1.165) is 32.7 Å². The van der Waals surface area contributed by atoms with Gasteiger partial charge in [-0.15, -0.1) is 0 Å². The number of carbonyl (C=O) groups excluding carboxylic acids is 1. The summed E-state index contributed by atoms with van der Waals surface area (Å²) in [6.45, 7) is 6.47. The third-order valence-corrected chi connectivity index (χ3v) is 5.79. The summed E-state index contributed by atoms with van der Waals surface area (Å²) in [7, 11) is 1.46. The lowest BCUT2D eigenvalue weighted by Gasteiger charge is -2.35. The van der Waals surface area contributed by atoms with Crippen molar-refractivity contribution in [1.29, 1.82) is 0 Å². The molecule has 0 unspecified atom stereocenters. The van der Waals surface area contributed by atoms with E-state index in [1.165, 1.54) is 25.3 Å². The van der Waals surface area contributed by atoms with Gasteiger partial charge in [0.25, 0.3) is 0 Å². The molecule has 0 bridgehead atoms. The number of allylic oxidation sites excluding steroid dienone is 1. The van der Waals surface area contributed by atoms with E-state index >= 15 is 0 Å². The number of piperazine rings is 1. The molecule has 7 heteroatoms. The molecule has 154 valence electrons. The van der Waals surface area contributed by atoms with Crippen LogP contribution >= 0.6 is 15.9 Å². The van der Waals surface area contributed by atoms with E-state index in [4.69, 9.17) is 4.74 Å². The second kappa shape index (κ2) is 9.41. The maximum atomic E-state index is 14.7. The molecule has 5 nitrogen and oxygen atoms in total. The van der Waals surface area contributed by atoms with Crippen LogP contribution < -0.4 is 9.64 Å². The number of phenolic OH excluding ortho intramolecular Hbond substituents is 1. The molecule has 0 radical (unpaired) electrons. The van der Waals surface area contributed by atoms with Crippen molar-refractivity contribution in [3.8, 4) is 11.5 Å². The summed E-state index contributed by atoms with van der Waals surface area (Å²) in [5, 5.41) is 9.90. The fraction of sp³-hybridized carbons (Fsp3) is 0.318. The summed E-state index contributed by atoms with van der Waals surface area (Å²) >= 11 is 3.38. The molecule has 2 aromatic carbocycles. The number of anilines is 1. The van der Waals surface area contributed by atoms with Crippen molar-refractivity contribution in [2.24, 2.45) is 0 Å². The molecule has 0 spiro atoms. The summed E-state index contributed by atoms with van der Waals surface area (Å²) in [6, 6.07) is 7.72. The van der Waals surface area contributed by atoms with Gasteiger partial charge < -0.3 is 19.6 Å². The summed E-state index contributed by atoms with van der Waals surface area (Å²) in [4.78, 5) is 16.8. The maximum absolute atomic E-state index is 14.7. The first-order valence-corrected chi connectivity index (χ1v) is 10.3. The predicted octanol–water partition coefficient (Wildman–Crippen LogP) is 4.34. The van der Waals surface area contributed by atoms with Gasteiger partial charge in [0.2, 0.25) is 0 Å². The van der Waals surface area contributed by atoms with Gasteiger partial charge in [-0.2, -0.15) is 0 Å². The van der Waals surface area contributed by atoms with Gasteiger partial charge in [-0.25, -0.2) is 4.39 Å². The maximum Gasteiger partial charge on any atom is 0.185 e. The fourth-order valence-corrected chi connectivity index (χ4v) is 3.79. The zero-order valence-corrected chi connectivity index (χ0v) is 18.1. The third kappa shape index (κ3) is 4.97. The van der Waals surface area contributed by atoms with E-state index in [0.29, 0.717) is 21.5 Å². The lowest BCUT2D eigenvalue weighted by Crippen LogP contribution is -2.46. The Balaban J connectivity index is 1.73. The van der Waals surface area contributed by atoms with Crippen LogP contribution in [0.2, 0.25) is 0 Å². The minimum absolute atomic E-state index is 0.0265. The number of likely N-dealkylation sites (N-methyl/N-ethyl adjacent to an activating group) is 1. The van der Waals surface area contributed by atoms with E-state index in [1.807, 2.05) is 4.90 Å². The molecule has 0 atom stereocenters. The van der Waals surface area contributed by atoms with E-state index < -0.39 is 5.82 Å². The Kier molecular flexibility index (Phi) is 6.92. The first kappa shape index (κ1) is 21.3. The van der Waals surface area contributed by atoms with Crippen molar-refractivity contribution in [3.63, 3.8) is 0 Å². The highest BCUT2D eigenvalue weighted by molar-refractivity contribution is 9.10. The SMILES string of the molecule is CCN1CCN(c2ccc(C(=O)/C=C/c3cc(O)c(OC)cc3Br)cc2F)CC1. The van der Waals surface area contributed by atoms with Gasteiger partial charge in [-0.1, -0.05) is 22.9 Å². The second-order valence-corrected chi connectivity index (χ2v) is 7.68. The highest BCUT2D eigenvalue weighted by Crippen LogP contribution is 2.33. The molecule has 2 aromatic rings. The molecule has 0 aliphatic carbocycles. The highest BCUT2D eigenvalue weighted by atomic mass is 79.9. The number of rotatable bonds is 6. The number of halogens is 2. The van der Waals surface area contributed by atoms with Crippen LogP contribution in [0.5, 0.6) is 11.5 Å². The lowest BCUT2D eigenvalue weighted by atomic mass is 10.1. The standard InChI is InChI=1S/C22H24BrFN2O3/c1-3-25-8-10-26(11-9-25)19-6-4-16(12-18(19)24)20(27)7-5-15-13-21(28)22(29-2)14-17(15)23/h4-7,12-14,28H,3,8-11H2,1-2H3/b7-5+. The monoisotopic (exact) mass is 462 g/mol. The average Bonchev–Trinajstić information content (AvgIpc) is 2.73. The number of phenols is 1. The number of ketones is 1. The van der Waals surface area contributed by atoms with Gasteiger partial charge in [-0.3, -0.25) is 4.79 Å². The van der Waals surface area contributed by atoms with Crippen LogP contribution in [0.25, 0.3) is 6.08 Å². The molecular formula is C22H24BrFN2O3. The van der Waals surface area contributed by atoms with Crippen molar-refractivity contribution in [2.45, 2.75) is 6.92 Å². The van der Waals surface area contributed by atoms with Crippen LogP contribution in [-0.2, 0) is 0 Å². The zero-order chi connectivity index (χ0) is 21.0. The molecule has 1 aliphatic heterocycles. The largest absolute Gasteiger partial charge is 0.504 e. The minimum Gasteiger partial charge on any atom is -0.504 e. The molecule has 0 saturated carbocycles. The molecular weight excluding hydrogens is 439 g/mol. The number of ether oxygens (including phenoxy) is 1. The minimum atomic E-state index is -0.391. The topological polar surface area (TPSA) is 53.0 Å². The number of nitrogens with zero attached hydrogens (tertiary/aromatic N) is 2. The molecule has 29 heavy (non-hydrogen) atoms. The van der Waals surface area contributed by atoms with Crippen molar-refractivity contribution in [1.82, 2.24) is 4.90 Å². The van der Waals surface area contributed by atoms with Gasteiger partial charge in [0, 0.05) is 36.2 Å². The van der Waals surface area contributed by atoms with Crippen molar-refractivity contribution < 1.29 is 19.0 Å². The van der Waals surface area contributed by atoms with Gasteiger partial charge in [0.05, 0.1) is 12.8 Å². The van der Waals surface area contributed by atoms with Gasteiger partial charge in [-0.05, 0) is 54.6 Å². The molecule has 1 heterocycles. The van der Waals surface area contributed by atoms with E-state index in [9.17, 15) is 14.3 Å². The number of carbonyl (C=O) groups is 1. The predicted molar refractivity (Wildman–Crippen MR) is 116 cm³/mol. The van der Waals surface area contributed by atoms with Gasteiger partial charge >= 0.3 is 0 Å². The summed E-state index contributed by atoms with van der Waals surface area (Å²) in [5.74, 6) is -0.398. The molecule has 3 rings (SSSR count). The van der Waals surface area contributed by atoms with Crippen LogP contribution in [-0.4, -0.2) is 55.6 Å². The Hall–Kier alpha value is -2.38. The fourth-order valence-electron chi connectivity index (χ4n) is 3.33. The number of aromatic hydroxyl groups is 1. The second-order valence-electron chi connectivity index (χ2n) is 6.83. The molecule has 1 N–H and O–H groups in total. The number of benzene rings is 2. The quantitative estimate of drug-likeness (QED) is 0.511. The Labute approximate surface area is 178 Å². The number of methoxy groups -OCH3 is 1. The normalized spacial score (nSPS) is 15.1. The van der Waals surface area contributed by atoms with Crippen LogP contribution in [0.3, 0.4) is 0 Å². The molecule has 0 aromatic heterocycles. The van der Waals surface area contributed by atoms with E-state index in [-0.39, 0.29) is 17.1 Å². The summed E-state index contributed by atoms with van der Waals surface area (Å²) in [6.07, 6.45) is 2.93. The Morgan fingerprint density at radius 2 is 1.97 bits per heavy atom. The van der Waals surface area contributed by atoms with Crippen molar-refractivity contribution in [3.05, 3.63) is 57.8 Å². The third-order valence-electron chi connectivity index (χ3n) is 5.10. The van der Waals surface area contributed by atoms with E-state index in [1.54, 1.807) is 24.3 Å². The molecule has 0 amide bonds. The lowest BCUT2D eigenvalue weighted by molar-refractivity contribution is 0.104. The van der Waals surface area contributed by atoms with Crippen molar-refractivity contribution in [2.75, 3.05) is 44.7 Å². The summed E-state index contributed by atoms with van der Waals surface area (Å²) in [5.41, 5.74) is 1.43. The van der Waals surface area contributed by atoms with Gasteiger partial charge in [0.1, 0.15) is 5.82 Å². The number of hydrogen-bond acceptors (Lipinski definition) is 5. The Bertz CT molecular complexity index is 925. The molecule has 1 saturated heterocycles. The van der Waals surface area contributed by atoms with E-state index in [2.05, 4.69) is 27.8 Å². The molecule has 1 fully saturated rings. The smallest absolute Gasteiger partial charge is 0.185 e. The zero-order valence-electron chi connectivity index (χ0n) is 16.5.